The zero-order chi connectivity index (χ0) is 20.6. The van der Waals surface area contributed by atoms with Crippen LogP contribution in [0.5, 0.6) is 0 Å². The van der Waals surface area contributed by atoms with Gasteiger partial charge in [0, 0.05) is 37.0 Å². The van der Waals surface area contributed by atoms with Gasteiger partial charge in [-0.1, -0.05) is 12.1 Å². The van der Waals surface area contributed by atoms with E-state index >= 15 is 0 Å². The van der Waals surface area contributed by atoms with Crippen LogP contribution in [-0.4, -0.2) is 24.0 Å². The summed E-state index contributed by atoms with van der Waals surface area (Å²) in [7, 11) is 0. The van der Waals surface area contributed by atoms with Gasteiger partial charge in [-0.2, -0.15) is 15.8 Å². The predicted molar refractivity (Wildman–Crippen MR) is 97.9 cm³/mol. The van der Waals surface area contributed by atoms with Crippen molar-refractivity contribution in [2.45, 2.75) is 25.8 Å². The van der Waals surface area contributed by atoms with Gasteiger partial charge >= 0.3 is 0 Å². The smallest absolute Gasteiger partial charge is 0.191 e. The summed E-state index contributed by atoms with van der Waals surface area (Å²) in [6.45, 7) is 5.01. The van der Waals surface area contributed by atoms with Gasteiger partial charge < -0.3 is 5.73 Å². The summed E-state index contributed by atoms with van der Waals surface area (Å²) in [6.07, 6.45) is 1.85. The van der Waals surface area contributed by atoms with Gasteiger partial charge in [0.25, 0.3) is 0 Å². The molecule has 0 spiro atoms. The molecule has 142 valence electrons. The number of nitrogens with two attached hydrogens (primary N) is 1. The van der Waals surface area contributed by atoms with Crippen molar-refractivity contribution in [3.63, 3.8) is 0 Å². The maximum atomic E-state index is 14.8. The number of benzene rings is 1. The van der Waals surface area contributed by atoms with Crippen LogP contribution in [0.3, 0.4) is 0 Å². The van der Waals surface area contributed by atoms with Crippen LogP contribution in [0.2, 0.25) is 0 Å². The molecular formula is C21H19F2N5. The Morgan fingerprint density at radius 3 is 2.43 bits per heavy atom. The van der Waals surface area contributed by atoms with Gasteiger partial charge in [-0.3, -0.25) is 4.90 Å². The third-order valence-corrected chi connectivity index (χ3v) is 5.72. The lowest BCUT2D eigenvalue weighted by Gasteiger charge is -2.46. The lowest BCUT2D eigenvalue weighted by atomic mass is 9.58. The number of hydrogen-bond donors (Lipinski definition) is 1. The van der Waals surface area contributed by atoms with E-state index < -0.39 is 28.9 Å². The summed E-state index contributed by atoms with van der Waals surface area (Å²) in [5, 5.41) is 29.5. The quantitative estimate of drug-likeness (QED) is 0.851. The maximum absolute atomic E-state index is 14.8. The van der Waals surface area contributed by atoms with Crippen molar-refractivity contribution < 1.29 is 8.78 Å². The molecule has 2 atom stereocenters. The number of nitrogens with zero attached hydrogens (tertiary/aromatic N) is 4. The van der Waals surface area contributed by atoms with Crippen molar-refractivity contribution >= 4 is 0 Å². The second kappa shape index (κ2) is 7.08. The van der Waals surface area contributed by atoms with Crippen LogP contribution < -0.4 is 5.73 Å². The summed E-state index contributed by atoms with van der Waals surface area (Å²) < 4.78 is 28.3. The molecule has 2 aliphatic rings. The highest BCUT2D eigenvalue weighted by molar-refractivity contribution is 5.59. The molecule has 1 aromatic rings. The van der Waals surface area contributed by atoms with E-state index in [0.29, 0.717) is 18.7 Å². The molecule has 0 amide bonds. The lowest BCUT2D eigenvalue weighted by Crippen LogP contribution is -2.49. The molecule has 0 bridgehead atoms. The van der Waals surface area contributed by atoms with Gasteiger partial charge in [0.2, 0.25) is 0 Å². The molecule has 0 aromatic heterocycles. The van der Waals surface area contributed by atoms with E-state index in [4.69, 9.17) is 5.73 Å². The normalized spacial score (nSPS) is 24.0. The summed E-state index contributed by atoms with van der Waals surface area (Å²) >= 11 is 0. The largest absolute Gasteiger partial charge is 0.399 e. The Kier molecular flexibility index (Phi) is 4.94. The van der Waals surface area contributed by atoms with Gasteiger partial charge in [-0.25, -0.2) is 8.78 Å². The van der Waals surface area contributed by atoms with Crippen molar-refractivity contribution in [2.75, 3.05) is 13.1 Å². The first-order valence-corrected chi connectivity index (χ1v) is 8.93. The van der Waals surface area contributed by atoms with Gasteiger partial charge in [0.15, 0.2) is 5.41 Å². The Morgan fingerprint density at radius 2 is 1.89 bits per heavy atom. The number of rotatable bonds is 2. The first-order valence-electron chi connectivity index (χ1n) is 8.93. The molecule has 2 N–H and O–H groups in total. The van der Waals surface area contributed by atoms with E-state index in [1.807, 2.05) is 38.1 Å². The summed E-state index contributed by atoms with van der Waals surface area (Å²) in [4.78, 5) is 2.11. The molecule has 0 fully saturated rings. The maximum Gasteiger partial charge on any atom is 0.191 e. The highest BCUT2D eigenvalue weighted by atomic mass is 19.1. The van der Waals surface area contributed by atoms with Crippen molar-refractivity contribution in [1.82, 2.24) is 4.90 Å². The van der Waals surface area contributed by atoms with Crippen LogP contribution in [0.15, 0.2) is 41.1 Å². The first-order chi connectivity index (χ1) is 13.3. The minimum Gasteiger partial charge on any atom is -0.399 e. The first kappa shape index (κ1) is 19.5. The molecule has 3 rings (SSSR count). The van der Waals surface area contributed by atoms with Crippen LogP contribution in [0.4, 0.5) is 8.78 Å². The van der Waals surface area contributed by atoms with Crippen LogP contribution in [0, 0.1) is 57.0 Å². The van der Waals surface area contributed by atoms with E-state index in [-0.39, 0.29) is 22.9 Å². The summed E-state index contributed by atoms with van der Waals surface area (Å²) in [5.74, 6) is -3.06. The predicted octanol–water partition coefficient (Wildman–Crippen LogP) is 3.10. The lowest BCUT2D eigenvalue weighted by molar-refractivity contribution is 0.172. The molecule has 1 aliphatic heterocycles. The van der Waals surface area contributed by atoms with Crippen molar-refractivity contribution in [3.8, 4) is 18.2 Å². The molecule has 1 aromatic carbocycles. The third-order valence-electron chi connectivity index (χ3n) is 5.72. The molecule has 28 heavy (non-hydrogen) atoms. The molecular weight excluding hydrogens is 360 g/mol. The molecule has 7 heteroatoms. The fourth-order valence-electron chi connectivity index (χ4n) is 4.22. The van der Waals surface area contributed by atoms with Gasteiger partial charge in [-0.15, -0.1) is 0 Å². The van der Waals surface area contributed by atoms with E-state index in [0.717, 1.165) is 12.1 Å². The second-order valence-electron chi connectivity index (χ2n) is 7.39. The fourth-order valence-corrected chi connectivity index (χ4v) is 4.22. The second-order valence-corrected chi connectivity index (χ2v) is 7.39. The standard InChI is InChI=1S/C21H19F2N5/c1-12(2)28-6-5-14-16(8-24)20(27)21(10-25,11-26)19(17(14)9-28)15-4-3-13(22)7-18(15)23/h3-5,7,12,17,19H,6,9,27H2,1-2H3/t17-,19+/m1/s1. The van der Waals surface area contributed by atoms with Crippen molar-refractivity contribution in [1.29, 1.82) is 15.8 Å². The number of halogens is 2. The van der Waals surface area contributed by atoms with E-state index in [1.165, 1.54) is 6.07 Å². The van der Waals surface area contributed by atoms with E-state index in [9.17, 15) is 24.6 Å². The molecule has 0 saturated carbocycles. The molecule has 1 aliphatic carbocycles. The third kappa shape index (κ3) is 2.74. The number of allylic oxidation sites excluding steroid dienone is 2. The SMILES string of the molecule is CC(C)N1CC=C2C(C#N)=C(N)C(C#N)(C#N)[C@@H](c3ccc(F)cc3F)[C@@H]2C1. The van der Waals surface area contributed by atoms with Gasteiger partial charge in [0.05, 0.1) is 23.4 Å². The monoisotopic (exact) mass is 379 g/mol. The number of fused-ring (bicyclic) bond motifs is 1. The van der Waals surface area contributed by atoms with Gasteiger partial charge in [-0.05, 0) is 31.1 Å². The van der Waals surface area contributed by atoms with E-state index in [2.05, 4.69) is 4.90 Å². The molecule has 0 radical (unpaired) electrons. The number of hydrogen-bond acceptors (Lipinski definition) is 5. The summed E-state index contributed by atoms with van der Waals surface area (Å²) in [6, 6.07) is 9.19. The Labute approximate surface area is 162 Å². The Bertz CT molecular complexity index is 989. The minimum absolute atomic E-state index is 0.0472. The van der Waals surface area contributed by atoms with Gasteiger partial charge in [0.1, 0.15) is 17.7 Å². The summed E-state index contributed by atoms with van der Waals surface area (Å²) in [5.41, 5.74) is 4.83. The number of nitriles is 3. The van der Waals surface area contributed by atoms with Crippen molar-refractivity contribution in [2.24, 2.45) is 17.1 Å². The molecule has 0 unspecified atom stereocenters. The van der Waals surface area contributed by atoms with Crippen LogP contribution >= 0.6 is 0 Å². The van der Waals surface area contributed by atoms with E-state index in [1.54, 1.807) is 0 Å². The zero-order valence-electron chi connectivity index (χ0n) is 15.6. The highest BCUT2D eigenvalue weighted by Gasteiger charge is 2.55. The van der Waals surface area contributed by atoms with Crippen LogP contribution in [0.25, 0.3) is 0 Å². The van der Waals surface area contributed by atoms with Crippen LogP contribution in [0.1, 0.15) is 25.3 Å². The van der Waals surface area contributed by atoms with Crippen molar-refractivity contribution in [3.05, 3.63) is 58.3 Å². The average molecular weight is 379 g/mol. The minimum atomic E-state index is -1.92. The zero-order valence-corrected chi connectivity index (χ0v) is 15.6. The topological polar surface area (TPSA) is 101 Å². The Hall–Kier alpha value is -3.21. The Balaban J connectivity index is 2.33. The Morgan fingerprint density at radius 1 is 1.21 bits per heavy atom. The average Bonchev–Trinajstić information content (AvgIpc) is 2.67. The highest BCUT2D eigenvalue weighted by Crippen LogP contribution is 2.54. The molecule has 0 saturated heterocycles. The molecule has 1 heterocycles. The van der Waals surface area contributed by atoms with Crippen LogP contribution in [-0.2, 0) is 0 Å². The fraction of sp³-hybridized carbons (Fsp3) is 0.381. The molecule has 5 nitrogen and oxygen atoms in total.